The molecule has 1 saturated carbocycles. The number of nitrogens with zero attached hydrogens (tertiary/aromatic N) is 1. The van der Waals surface area contributed by atoms with Crippen LogP contribution in [-0.2, 0) is 11.3 Å². The van der Waals surface area contributed by atoms with Gasteiger partial charge in [-0.05, 0) is 37.7 Å². The molecule has 0 radical (unpaired) electrons. The quantitative estimate of drug-likeness (QED) is 0.235. The third kappa shape index (κ3) is 6.91. The van der Waals surface area contributed by atoms with Crippen LogP contribution in [0.3, 0.4) is 0 Å². The summed E-state index contributed by atoms with van der Waals surface area (Å²) >= 11 is 0. The Hall–Kier alpha value is -1.22. The number of hydrogen-bond donors (Lipinski definition) is 2. The predicted octanol–water partition coefficient (Wildman–Crippen LogP) is 4.12. The van der Waals surface area contributed by atoms with Crippen molar-refractivity contribution in [1.82, 2.24) is 10.6 Å². The lowest BCUT2D eigenvalue weighted by molar-refractivity contribution is 0.105. The topological polar surface area (TPSA) is 64.1 Å². The first kappa shape index (κ1) is 24.1. The number of fused-ring (bicyclic) bond motifs is 1. The molecule has 3 rings (SSSR count). The number of nitrogens with one attached hydrogen (secondary N) is 2. The van der Waals surface area contributed by atoms with Crippen molar-refractivity contribution in [3.63, 3.8) is 0 Å². The number of guanidine groups is 1. The number of hydrogen-bond acceptors (Lipinski definition) is 4. The van der Waals surface area contributed by atoms with Gasteiger partial charge in [0, 0.05) is 45.3 Å². The van der Waals surface area contributed by atoms with Crippen LogP contribution >= 0.6 is 24.0 Å². The Morgan fingerprint density at radius 1 is 1.14 bits per heavy atom. The van der Waals surface area contributed by atoms with E-state index in [1.807, 2.05) is 19.2 Å². The lowest BCUT2D eigenvalue weighted by Gasteiger charge is -2.30. The maximum absolute atomic E-state index is 5.92. The van der Waals surface area contributed by atoms with Gasteiger partial charge in [-0.1, -0.05) is 25.0 Å². The monoisotopic (exact) mass is 517 g/mol. The van der Waals surface area contributed by atoms with Crippen LogP contribution in [0.5, 0.6) is 11.5 Å². The van der Waals surface area contributed by atoms with Gasteiger partial charge in [-0.3, -0.25) is 4.99 Å². The van der Waals surface area contributed by atoms with Crippen LogP contribution in [0.4, 0.5) is 0 Å². The molecule has 164 valence electrons. The first-order valence-corrected chi connectivity index (χ1v) is 10.7. The van der Waals surface area contributed by atoms with Gasteiger partial charge in [0.05, 0.1) is 13.2 Å². The molecule has 0 bridgehead atoms. The highest BCUT2D eigenvalue weighted by molar-refractivity contribution is 14.0. The maximum Gasteiger partial charge on any atom is 0.191 e. The van der Waals surface area contributed by atoms with Gasteiger partial charge in [-0.25, -0.2) is 0 Å². The zero-order chi connectivity index (χ0) is 19.7. The minimum atomic E-state index is 0. The highest BCUT2D eigenvalue weighted by Gasteiger charge is 2.33. The molecule has 0 spiro atoms. The van der Waals surface area contributed by atoms with Crippen LogP contribution in [0.15, 0.2) is 23.2 Å². The molecule has 0 amide bonds. The maximum atomic E-state index is 5.92. The van der Waals surface area contributed by atoms with Gasteiger partial charge in [0.1, 0.15) is 0 Å². The van der Waals surface area contributed by atoms with E-state index < -0.39 is 0 Å². The molecule has 1 aliphatic carbocycles. The van der Waals surface area contributed by atoms with E-state index in [1.54, 1.807) is 0 Å². The van der Waals surface area contributed by atoms with Crippen molar-refractivity contribution in [1.29, 1.82) is 0 Å². The summed E-state index contributed by atoms with van der Waals surface area (Å²) in [6.45, 7) is 6.68. The van der Waals surface area contributed by atoms with Gasteiger partial charge in [-0.2, -0.15) is 0 Å². The molecule has 0 aromatic heterocycles. The predicted molar refractivity (Wildman–Crippen MR) is 128 cm³/mol. The fraction of sp³-hybridized carbons (Fsp3) is 0.682. The smallest absolute Gasteiger partial charge is 0.191 e. The number of para-hydroxylation sites is 1. The Kier molecular flexibility index (Phi) is 10.3. The average Bonchev–Trinajstić information content (AvgIpc) is 3.04. The molecule has 1 aromatic carbocycles. The van der Waals surface area contributed by atoms with E-state index in [2.05, 4.69) is 28.6 Å². The van der Waals surface area contributed by atoms with E-state index in [0.717, 1.165) is 55.6 Å². The molecule has 7 heteroatoms. The van der Waals surface area contributed by atoms with Crippen molar-refractivity contribution < 1.29 is 14.2 Å². The van der Waals surface area contributed by atoms with Crippen molar-refractivity contribution in [3.05, 3.63) is 23.8 Å². The first-order chi connectivity index (χ1) is 13.8. The van der Waals surface area contributed by atoms with E-state index in [4.69, 9.17) is 14.2 Å². The lowest BCUT2D eigenvalue weighted by atomic mass is 9.83. The van der Waals surface area contributed by atoms with Crippen molar-refractivity contribution >= 4 is 29.9 Å². The fourth-order valence-corrected chi connectivity index (χ4v) is 4.14. The van der Waals surface area contributed by atoms with Crippen LogP contribution in [0.1, 0.15) is 51.0 Å². The second-order valence-electron chi connectivity index (χ2n) is 7.73. The Balaban J connectivity index is 0.00000300. The SMILES string of the molecule is CCOCCC1(CNC(=NC)NCc2cccc3c2OCCCO3)CCCC1.I. The molecule has 1 heterocycles. The minimum absolute atomic E-state index is 0. The second kappa shape index (κ2) is 12.5. The molecule has 0 unspecified atom stereocenters. The summed E-state index contributed by atoms with van der Waals surface area (Å²) in [6, 6.07) is 6.07. The summed E-state index contributed by atoms with van der Waals surface area (Å²) in [5.41, 5.74) is 1.42. The second-order valence-corrected chi connectivity index (χ2v) is 7.73. The number of halogens is 1. The van der Waals surface area contributed by atoms with E-state index in [1.165, 1.54) is 25.7 Å². The summed E-state index contributed by atoms with van der Waals surface area (Å²) in [6.07, 6.45) is 7.18. The van der Waals surface area contributed by atoms with Crippen molar-refractivity contribution in [3.8, 4) is 11.5 Å². The van der Waals surface area contributed by atoms with E-state index in [9.17, 15) is 0 Å². The largest absolute Gasteiger partial charge is 0.490 e. The van der Waals surface area contributed by atoms with Gasteiger partial charge in [0.25, 0.3) is 0 Å². The van der Waals surface area contributed by atoms with Crippen LogP contribution in [0.2, 0.25) is 0 Å². The summed E-state index contributed by atoms with van der Waals surface area (Å²) in [5.74, 6) is 2.52. The van der Waals surface area contributed by atoms with Gasteiger partial charge in [0.15, 0.2) is 17.5 Å². The zero-order valence-corrected chi connectivity index (χ0v) is 20.1. The molecular weight excluding hydrogens is 481 g/mol. The summed E-state index contributed by atoms with van der Waals surface area (Å²) in [5, 5.41) is 6.99. The minimum Gasteiger partial charge on any atom is -0.490 e. The number of benzene rings is 1. The molecule has 2 aliphatic rings. The zero-order valence-electron chi connectivity index (χ0n) is 17.8. The van der Waals surface area contributed by atoms with Gasteiger partial charge >= 0.3 is 0 Å². The van der Waals surface area contributed by atoms with Crippen molar-refractivity contribution in [2.45, 2.75) is 52.0 Å². The van der Waals surface area contributed by atoms with E-state index in [0.29, 0.717) is 25.2 Å². The molecule has 2 N–H and O–H groups in total. The number of aliphatic imine (C=N–C) groups is 1. The fourth-order valence-electron chi connectivity index (χ4n) is 4.14. The highest BCUT2D eigenvalue weighted by Crippen LogP contribution is 2.40. The van der Waals surface area contributed by atoms with Crippen molar-refractivity contribution in [2.75, 3.05) is 40.0 Å². The summed E-state index contributed by atoms with van der Waals surface area (Å²) in [7, 11) is 1.82. The normalized spacial score (nSPS) is 17.9. The Bertz CT molecular complexity index is 648. The van der Waals surface area contributed by atoms with Gasteiger partial charge in [0.2, 0.25) is 0 Å². The Morgan fingerprint density at radius 2 is 1.93 bits per heavy atom. The Morgan fingerprint density at radius 3 is 2.69 bits per heavy atom. The average molecular weight is 517 g/mol. The first-order valence-electron chi connectivity index (χ1n) is 10.7. The molecule has 1 aromatic rings. The molecule has 0 saturated heterocycles. The van der Waals surface area contributed by atoms with Crippen LogP contribution < -0.4 is 20.1 Å². The third-order valence-corrected chi connectivity index (χ3v) is 5.80. The van der Waals surface area contributed by atoms with Gasteiger partial charge in [-0.15, -0.1) is 24.0 Å². The summed E-state index contributed by atoms with van der Waals surface area (Å²) in [4.78, 5) is 4.41. The molecule has 6 nitrogen and oxygen atoms in total. The molecule has 1 aliphatic heterocycles. The third-order valence-electron chi connectivity index (χ3n) is 5.80. The molecule has 1 fully saturated rings. The van der Waals surface area contributed by atoms with Crippen molar-refractivity contribution in [2.24, 2.45) is 10.4 Å². The number of rotatable bonds is 8. The Labute approximate surface area is 192 Å². The lowest BCUT2D eigenvalue weighted by Crippen LogP contribution is -2.43. The summed E-state index contributed by atoms with van der Waals surface area (Å²) < 4.78 is 17.3. The molecular formula is C22H36IN3O3. The van der Waals surface area contributed by atoms with E-state index in [-0.39, 0.29) is 24.0 Å². The highest BCUT2D eigenvalue weighted by atomic mass is 127. The van der Waals surface area contributed by atoms with Gasteiger partial charge < -0.3 is 24.8 Å². The molecule has 29 heavy (non-hydrogen) atoms. The van der Waals surface area contributed by atoms with E-state index >= 15 is 0 Å². The standard InChI is InChI=1S/C22H35N3O3.HI/c1-3-26-15-12-22(10-4-5-11-22)17-25-21(23-2)24-16-18-8-6-9-19-20(18)28-14-7-13-27-19;/h6,8-9H,3-5,7,10-17H2,1-2H3,(H2,23,24,25);1H. The molecule has 0 atom stereocenters. The van der Waals surface area contributed by atoms with Crippen LogP contribution in [0.25, 0.3) is 0 Å². The number of ether oxygens (including phenoxy) is 3. The van der Waals surface area contributed by atoms with Crippen LogP contribution in [0, 0.1) is 5.41 Å². The van der Waals surface area contributed by atoms with Crippen LogP contribution in [-0.4, -0.2) is 46.0 Å².